The molecule has 0 fully saturated rings. The molecule has 1 aromatic heterocycles. The highest BCUT2D eigenvalue weighted by atomic mass is 32.2. The zero-order chi connectivity index (χ0) is 22.6. The molecule has 164 valence electrons. The summed E-state index contributed by atoms with van der Waals surface area (Å²) in [6.07, 6.45) is 0.510. The predicted molar refractivity (Wildman–Crippen MR) is 123 cm³/mol. The van der Waals surface area contributed by atoms with Crippen LogP contribution in [0, 0.1) is 5.41 Å². The first-order valence-corrected chi connectivity index (χ1v) is 12.3. The summed E-state index contributed by atoms with van der Waals surface area (Å²) in [5.74, 6) is -0.498. The van der Waals surface area contributed by atoms with E-state index in [1.165, 1.54) is 11.3 Å². The van der Waals surface area contributed by atoms with Gasteiger partial charge in [0.1, 0.15) is 10.8 Å². The molecule has 0 aliphatic rings. The van der Waals surface area contributed by atoms with Crippen molar-refractivity contribution in [3.05, 3.63) is 76.1 Å². The van der Waals surface area contributed by atoms with Gasteiger partial charge in [-0.2, -0.15) is 8.42 Å². The molecule has 0 aliphatic heterocycles. The number of amides is 1. The molecular formula is C23H26N2O4S2. The highest BCUT2D eigenvalue weighted by molar-refractivity contribution is 7.85. The molecule has 0 spiro atoms. The topological polar surface area (TPSA) is 96.4 Å². The number of nitrogens with zero attached hydrogens (tertiary/aromatic N) is 1. The van der Waals surface area contributed by atoms with Crippen LogP contribution in [0.2, 0.25) is 0 Å². The minimum Gasteiger partial charge on any atom is -0.346 e. The van der Waals surface area contributed by atoms with Gasteiger partial charge in [0.15, 0.2) is 0 Å². The maximum absolute atomic E-state index is 12.7. The molecule has 0 aliphatic carbocycles. The summed E-state index contributed by atoms with van der Waals surface area (Å²) >= 11 is 1.50. The molecule has 3 rings (SSSR count). The van der Waals surface area contributed by atoms with Crippen LogP contribution in [-0.2, 0) is 27.1 Å². The number of hydrogen-bond acceptors (Lipinski definition) is 5. The van der Waals surface area contributed by atoms with Gasteiger partial charge in [-0.25, -0.2) is 4.98 Å². The summed E-state index contributed by atoms with van der Waals surface area (Å²) in [5.41, 5.74) is 2.76. The summed E-state index contributed by atoms with van der Waals surface area (Å²) < 4.78 is 31.2. The summed E-state index contributed by atoms with van der Waals surface area (Å²) in [7, 11) is -4.08. The summed E-state index contributed by atoms with van der Waals surface area (Å²) in [6, 6.07) is 16.5. The third-order valence-corrected chi connectivity index (χ3v) is 6.34. The van der Waals surface area contributed by atoms with Gasteiger partial charge in [0.2, 0.25) is 5.91 Å². The molecule has 1 atom stereocenters. The quantitative estimate of drug-likeness (QED) is 0.503. The van der Waals surface area contributed by atoms with Crippen molar-refractivity contribution in [3.63, 3.8) is 0 Å². The zero-order valence-corrected chi connectivity index (χ0v) is 19.3. The number of benzene rings is 2. The molecule has 1 heterocycles. The van der Waals surface area contributed by atoms with E-state index in [1.54, 1.807) is 12.1 Å². The summed E-state index contributed by atoms with van der Waals surface area (Å²) in [5, 5.41) is 5.90. The van der Waals surface area contributed by atoms with Crippen molar-refractivity contribution in [2.45, 2.75) is 39.0 Å². The van der Waals surface area contributed by atoms with Crippen LogP contribution < -0.4 is 5.32 Å². The normalized spacial score (nSPS) is 13.0. The molecule has 0 saturated carbocycles. The van der Waals surface area contributed by atoms with Crippen molar-refractivity contribution in [2.75, 3.05) is 0 Å². The number of nitrogens with one attached hydrogen (secondary N) is 1. The highest BCUT2D eigenvalue weighted by Gasteiger charge is 2.26. The summed E-state index contributed by atoms with van der Waals surface area (Å²) in [6.45, 7) is 5.59. The molecule has 8 heteroatoms. The molecule has 2 aromatic carbocycles. The van der Waals surface area contributed by atoms with E-state index < -0.39 is 21.3 Å². The van der Waals surface area contributed by atoms with E-state index in [2.05, 4.69) is 5.32 Å². The van der Waals surface area contributed by atoms with E-state index in [9.17, 15) is 13.2 Å². The molecular weight excluding hydrogens is 432 g/mol. The Labute approximate surface area is 187 Å². The number of carbonyl (C=O) groups is 1. The molecule has 0 saturated heterocycles. The first kappa shape index (κ1) is 23.1. The molecule has 31 heavy (non-hydrogen) atoms. The van der Waals surface area contributed by atoms with E-state index in [4.69, 9.17) is 9.54 Å². The van der Waals surface area contributed by atoms with Crippen LogP contribution in [0.25, 0.3) is 11.3 Å². The van der Waals surface area contributed by atoms with Crippen LogP contribution in [0.5, 0.6) is 0 Å². The predicted octanol–water partition coefficient (Wildman–Crippen LogP) is 4.64. The average Bonchev–Trinajstić information content (AvgIpc) is 3.18. The van der Waals surface area contributed by atoms with Crippen molar-refractivity contribution >= 4 is 27.4 Å². The van der Waals surface area contributed by atoms with Gasteiger partial charge >= 0.3 is 0 Å². The number of rotatable bonds is 7. The Hall–Kier alpha value is -2.55. The van der Waals surface area contributed by atoms with E-state index in [-0.39, 0.29) is 11.9 Å². The Balaban J connectivity index is 1.85. The Morgan fingerprint density at radius 3 is 2.26 bits per heavy atom. The summed E-state index contributed by atoms with van der Waals surface area (Å²) in [4.78, 5) is 17.5. The van der Waals surface area contributed by atoms with Gasteiger partial charge in [-0.15, -0.1) is 11.3 Å². The van der Waals surface area contributed by atoms with Crippen molar-refractivity contribution in [1.82, 2.24) is 10.3 Å². The molecule has 2 N–H and O–H groups in total. The number of aromatic nitrogens is 1. The zero-order valence-electron chi connectivity index (χ0n) is 17.7. The second-order valence-electron chi connectivity index (χ2n) is 8.46. The molecule has 0 radical (unpaired) electrons. The fraction of sp³-hybridized carbons (Fsp3) is 0.304. The minimum absolute atomic E-state index is 0.0723. The maximum atomic E-state index is 12.7. The smallest absolute Gasteiger partial charge is 0.269 e. The number of thiazole rings is 1. The van der Waals surface area contributed by atoms with Gasteiger partial charge in [0.05, 0.1) is 11.7 Å². The third-order valence-electron chi connectivity index (χ3n) is 4.69. The van der Waals surface area contributed by atoms with Crippen LogP contribution in [0.1, 0.15) is 42.9 Å². The monoisotopic (exact) mass is 458 g/mol. The molecule has 1 amide bonds. The number of hydrogen-bond donors (Lipinski definition) is 2. The minimum atomic E-state index is -4.08. The molecule has 6 nitrogen and oxygen atoms in total. The second-order valence-corrected chi connectivity index (χ2v) is 10.8. The Kier molecular flexibility index (Phi) is 6.93. The van der Waals surface area contributed by atoms with Crippen LogP contribution in [-0.4, -0.2) is 23.9 Å². The Morgan fingerprint density at radius 1 is 1.06 bits per heavy atom. The van der Waals surface area contributed by atoms with Gasteiger partial charge in [-0.1, -0.05) is 75.4 Å². The lowest BCUT2D eigenvalue weighted by Crippen LogP contribution is -2.38. The van der Waals surface area contributed by atoms with E-state index in [0.717, 1.165) is 21.8 Å². The lowest BCUT2D eigenvalue weighted by molar-refractivity contribution is -0.129. The number of carbonyl (C=O) groups excluding carboxylic acids is 1. The second kappa shape index (κ2) is 9.30. The molecule has 0 bridgehead atoms. The van der Waals surface area contributed by atoms with Gasteiger partial charge in [-0.3, -0.25) is 9.35 Å². The standard InChI is InChI=1S/C23H26N2O4S2/c1-23(2,3)22(26)25-19(13-16-9-11-17(12-10-16)15-31(27,28)29)21-24-20(14-30-21)18-7-5-4-6-8-18/h4-12,14,19H,13,15H2,1-3H3,(H,25,26)(H,27,28,29)/t19-/m0/s1. The van der Waals surface area contributed by atoms with Gasteiger partial charge in [-0.05, 0) is 17.5 Å². The van der Waals surface area contributed by atoms with E-state index >= 15 is 0 Å². The fourth-order valence-corrected chi connectivity index (χ4v) is 4.47. The van der Waals surface area contributed by atoms with Gasteiger partial charge in [0.25, 0.3) is 10.1 Å². The van der Waals surface area contributed by atoms with Crippen LogP contribution in [0.15, 0.2) is 60.0 Å². The van der Waals surface area contributed by atoms with E-state index in [1.807, 2.05) is 68.6 Å². The lowest BCUT2D eigenvalue weighted by atomic mass is 9.94. The van der Waals surface area contributed by atoms with Gasteiger partial charge in [0, 0.05) is 16.4 Å². The lowest BCUT2D eigenvalue weighted by Gasteiger charge is -2.23. The van der Waals surface area contributed by atoms with Crippen molar-refractivity contribution < 1.29 is 17.8 Å². The third kappa shape index (κ3) is 6.72. The van der Waals surface area contributed by atoms with Crippen molar-refractivity contribution in [2.24, 2.45) is 5.41 Å². The SMILES string of the molecule is CC(C)(C)C(=O)N[C@@H](Cc1ccc(CS(=O)(=O)O)cc1)c1nc(-c2ccccc2)cs1. The molecule has 3 aromatic rings. The van der Waals surface area contributed by atoms with Crippen molar-refractivity contribution in [3.8, 4) is 11.3 Å². The van der Waals surface area contributed by atoms with Crippen molar-refractivity contribution in [1.29, 1.82) is 0 Å². The van der Waals surface area contributed by atoms with Crippen LogP contribution in [0.4, 0.5) is 0 Å². The average molecular weight is 459 g/mol. The Morgan fingerprint density at radius 2 is 1.68 bits per heavy atom. The fourth-order valence-electron chi connectivity index (χ4n) is 2.98. The Bertz CT molecular complexity index is 1130. The highest BCUT2D eigenvalue weighted by Crippen LogP contribution is 2.28. The largest absolute Gasteiger partial charge is 0.346 e. The first-order chi connectivity index (χ1) is 14.5. The van der Waals surface area contributed by atoms with Crippen LogP contribution >= 0.6 is 11.3 Å². The van der Waals surface area contributed by atoms with E-state index in [0.29, 0.717) is 12.0 Å². The maximum Gasteiger partial charge on any atom is 0.269 e. The van der Waals surface area contributed by atoms with Gasteiger partial charge < -0.3 is 5.32 Å². The van der Waals surface area contributed by atoms with Crippen LogP contribution in [0.3, 0.4) is 0 Å². The first-order valence-electron chi connectivity index (χ1n) is 9.86. The molecule has 0 unspecified atom stereocenters.